The third-order valence-electron chi connectivity index (χ3n) is 4.32. The quantitative estimate of drug-likeness (QED) is 0.466. The van der Waals surface area contributed by atoms with Crippen LogP contribution in [0.25, 0.3) is 33.1 Å². The maximum absolute atomic E-state index is 14.0. The van der Waals surface area contributed by atoms with Crippen LogP contribution in [-0.4, -0.2) is 20.2 Å². The number of nitrogen functional groups attached to an aromatic ring is 1. The Morgan fingerprint density at radius 2 is 2.08 bits per heavy atom. The number of nitrogens with two attached hydrogens (primary N) is 1. The lowest BCUT2D eigenvalue weighted by atomic mass is 9.97. The average molecular weight is 333 g/mol. The molecule has 0 radical (unpaired) electrons. The molecule has 7 heteroatoms. The van der Waals surface area contributed by atoms with Gasteiger partial charge in [0, 0.05) is 22.7 Å². The molecular formula is C18H12FN5O. The molecule has 0 fully saturated rings. The van der Waals surface area contributed by atoms with Crippen molar-refractivity contribution in [2.24, 2.45) is 0 Å². The standard InChI is InChI=1S/C18H12FN5O/c1-3-9-6-21-17-13(14(20)18(25)23-15(17)8(9)2)10-4-5-12(19)16-11(10)7-22-24-16/h1,4-7H,20H2,2H3,(H,22,24)(H,23,25). The third-order valence-corrected chi connectivity index (χ3v) is 4.32. The van der Waals surface area contributed by atoms with Crippen molar-refractivity contribution in [3.05, 3.63) is 51.8 Å². The fourth-order valence-electron chi connectivity index (χ4n) is 3.01. The van der Waals surface area contributed by atoms with Gasteiger partial charge >= 0.3 is 0 Å². The molecule has 6 nitrogen and oxygen atoms in total. The first-order valence-corrected chi connectivity index (χ1v) is 7.42. The van der Waals surface area contributed by atoms with E-state index in [-0.39, 0.29) is 11.2 Å². The molecule has 0 aliphatic rings. The van der Waals surface area contributed by atoms with Gasteiger partial charge in [-0.25, -0.2) is 4.39 Å². The smallest absolute Gasteiger partial charge is 0.272 e. The second kappa shape index (κ2) is 5.18. The molecule has 0 aliphatic carbocycles. The van der Waals surface area contributed by atoms with Crippen LogP contribution in [0.1, 0.15) is 11.1 Å². The molecule has 0 unspecified atom stereocenters. The van der Waals surface area contributed by atoms with Crippen molar-refractivity contribution in [3.63, 3.8) is 0 Å². The Hall–Kier alpha value is -3.66. The molecule has 0 atom stereocenters. The number of aromatic amines is 2. The molecule has 0 aliphatic heterocycles. The predicted molar refractivity (Wildman–Crippen MR) is 94.5 cm³/mol. The van der Waals surface area contributed by atoms with E-state index in [4.69, 9.17) is 12.2 Å². The zero-order chi connectivity index (χ0) is 17.7. The fourth-order valence-corrected chi connectivity index (χ4v) is 3.01. The number of benzene rings is 1. The summed E-state index contributed by atoms with van der Waals surface area (Å²) in [6, 6.07) is 2.86. The minimum atomic E-state index is -0.456. The molecule has 0 bridgehead atoms. The Labute approximate surface area is 140 Å². The predicted octanol–water partition coefficient (Wildman–Crippen LogP) is 2.48. The van der Waals surface area contributed by atoms with Crippen LogP contribution in [-0.2, 0) is 0 Å². The minimum Gasteiger partial charge on any atom is -0.394 e. The van der Waals surface area contributed by atoms with Crippen LogP contribution in [0.15, 0.2) is 29.3 Å². The molecule has 0 saturated heterocycles. The number of anilines is 1. The highest BCUT2D eigenvalue weighted by atomic mass is 19.1. The highest BCUT2D eigenvalue weighted by Gasteiger charge is 2.19. The average Bonchev–Trinajstić information content (AvgIpc) is 3.09. The van der Waals surface area contributed by atoms with Gasteiger partial charge in [-0.2, -0.15) is 5.10 Å². The molecule has 25 heavy (non-hydrogen) atoms. The van der Waals surface area contributed by atoms with Gasteiger partial charge in [-0.15, -0.1) is 6.42 Å². The summed E-state index contributed by atoms with van der Waals surface area (Å²) in [5.41, 5.74) is 9.12. The van der Waals surface area contributed by atoms with Crippen molar-refractivity contribution in [1.82, 2.24) is 20.2 Å². The van der Waals surface area contributed by atoms with Crippen LogP contribution in [0, 0.1) is 25.1 Å². The number of nitrogens with zero attached hydrogens (tertiary/aromatic N) is 2. The molecule has 0 amide bonds. The maximum atomic E-state index is 14.0. The zero-order valence-electron chi connectivity index (χ0n) is 13.1. The summed E-state index contributed by atoms with van der Waals surface area (Å²) < 4.78 is 14.0. The van der Waals surface area contributed by atoms with Gasteiger partial charge in [0.2, 0.25) is 0 Å². The van der Waals surface area contributed by atoms with Crippen molar-refractivity contribution in [3.8, 4) is 23.5 Å². The first kappa shape index (κ1) is 14.9. The molecule has 3 aromatic heterocycles. The van der Waals surface area contributed by atoms with E-state index < -0.39 is 11.4 Å². The highest BCUT2D eigenvalue weighted by molar-refractivity contribution is 6.06. The number of halogens is 1. The van der Waals surface area contributed by atoms with Gasteiger partial charge in [0.1, 0.15) is 17.0 Å². The van der Waals surface area contributed by atoms with E-state index in [0.717, 1.165) is 5.56 Å². The number of pyridine rings is 2. The SMILES string of the molecule is C#Cc1cnc2c(-c3ccc(F)c4[nH]ncc34)c(N)c(=O)[nH]c2c1C. The summed E-state index contributed by atoms with van der Waals surface area (Å²) in [6.45, 7) is 1.80. The van der Waals surface area contributed by atoms with Gasteiger partial charge in [0.05, 0.1) is 17.2 Å². The Balaban J connectivity index is 2.21. The van der Waals surface area contributed by atoms with Gasteiger partial charge in [-0.05, 0) is 24.1 Å². The Kier molecular flexibility index (Phi) is 3.09. The van der Waals surface area contributed by atoms with Gasteiger partial charge in [0.25, 0.3) is 5.56 Å². The number of hydrogen-bond acceptors (Lipinski definition) is 4. The van der Waals surface area contributed by atoms with E-state index in [0.29, 0.717) is 33.1 Å². The second-order valence-electron chi connectivity index (χ2n) is 5.66. The largest absolute Gasteiger partial charge is 0.394 e. The number of H-pyrrole nitrogens is 2. The van der Waals surface area contributed by atoms with Crippen molar-refractivity contribution in [2.45, 2.75) is 6.92 Å². The number of hydrogen-bond donors (Lipinski definition) is 3. The summed E-state index contributed by atoms with van der Waals surface area (Å²) in [7, 11) is 0. The molecule has 1 aromatic carbocycles. The normalized spacial score (nSPS) is 11.1. The number of rotatable bonds is 1. The molecule has 3 heterocycles. The topological polar surface area (TPSA) is 100 Å². The van der Waals surface area contributed by atoms with Gasteiger partial charge in [-0.1, -0.05) is 12.0 Å². The van der Waals surface area contributed by atoms with E-state index in [9.17, 15) is 9.18 Å². The van der Waals surface area contributed by atoms with Crippen LogP contribution in [0.5, 0.6) is 0 Å². The van der Waals surface area contributed by atoms with Crippen molar-refractivity contribution in [1.29, 1.82) is 0 Å². The van der Waals surface area contributed by atoms with Crippen molar-refractivity contribution >= 4 is 27.6 Å². The van der Waals surface area contributed by atoms with Gasteiger partial charge in [0.15, 0.2) is 0 Å². The van der Waals surface area contributed by atoms with Crippen LogP contribution in [0.3, 0.4) is 0 Å². The molecule has 4 rings (SSSR count). The van der Waals surface area contributed by atoms with E-state index in [2.05, 4.69) is 26.1 Å². The van der Waals surface area contributed by atoms with Gasteiger partial charge in [-0.3, -0.25) is 14.9 Å². The Bertz CT molecular complexity index is 1260. The lowest BCUT2D eigenvalue weighted by molar-refractivity contribution is 0.636. The summed E-state index contributed by atoms with van der Waals surface area (Å²) >= 11 is 0. The van der Waals surface area contributed by atoms with E-state index in [1.807, 2.05) is 0 Å². The number of aryl methyl sites for hydroxylation is 1. The molecule has 4 N–H and O–H groups in total. The highest BCUT2D eigenvalue weighted by Crippen LogP contribution is 2.36. The van der Waals surface area contributed by atoms with Crippen molar-refractivity contribution < 1.29 is 4.39 Å². The number of nitrogens with one attached hydrogen (secondary N) is 2. The molecule has 0 saturated carbocycles. The molecule has 122 valence electrons. The van der Waals surface area contributed by atoms with E-state index in [1.54, 1.807) is 19.2 Å². The Morgan fingerprint density at radius 3 is 2.84 bits per heavy atom. The summed E-state index contributed by atoms with van der Waals surface area (Å²) in [4.78, 5) is 19.5. The molecule has 0 spiro atoms. The molecule has 4 aromatic rings. The van der Waals surface area contributed by atoms with Crippen LogP contribution < -0.4 is 11.3 Å². The lowest BCUT2D eigenvalue weighted by Gasteiger charge is -2.12. The summed E-state index contributed by atoms with van der Waals surface area (Å²) in [5.74, 6) is 2.09. The Morgan fingerprint density at radius 1 is 1.28 bits per heavy atom. The molecular weight excluding hydrogens is 321 g/mol. The minimum absolute atomic E-state index is 0.00182. The number of aromatic nitrogens is 4. The lowest BCUT2D eigenvalue weighted by Crippen LogP contribution is -2.15. The van der Waals surface area contributed by atoms with E-state index >= 15 is 0 Å². The monoisotopic (exact) mass is 333 g/mol. The van der Waals surface area contributed by atoms with Crippen LogP contribution in [0.4, 0.5) is 10.1 Å². The first-order valence-electron chi connectivity index (χ1n) is 7.42. The van der Waals surface area contributed by atoms with Crippen LogP contribution in [0.2, 0.25) is 0 Å². The maximum Gasteiger partial charge on any atom is 0.272 e. The third kappa shape index (κ3) is 2.01. The first-order chi connectivity index (χ1) is 12.0. The second-order valence-corrected chi connectivity index (χ2v) is 5.66. The van der Waals surface area contributed by atoms with Gasteiger partial charge < -0.3 is 10.7 Å². The summed E-state index contributed by atoms with van der Waals surface area (Å²) in [5, 5.41) is 7.01. The zero-order valence-corrected chi connectivity index (χ0v) is 13.1. The fraction of sp³-hybridized carbons (Fsp3) is 0.0556. The summed E-state index contributed by atoms with van der Waals surface area (Å²) in [6.07, 6.45) is 8.51. The van der Waals surface area contributed by atoms with Crippen LogP contribution >= 0.6 is 0 Å². The number of fused-ring (bicyclic) bond motifs is 2. The van der Waals surface area contributed by atoms with E-state index in [1.165, 1.54) is 12.3 Å². The number of terminal acetylenes is 1. The van der Waals surface area contributed by atoms with Crippen molar-refractivity contribution in [2.75, 3.05) is 5.73 Å².